The van der Waals surface area contributed by atoms with Crippen LogP contribution in [0.1, 0.15) is 38.4 Å². The number of hydrogen-bond acceptors (Lipinski definition) is 4. The van der Waals surface area contributed by atoms with Crippen molar-refractivity contribution in [1.82, 2.24) is 9.80 Å². The number of aliphatic hydroxyl groups excluding tert-OH is 1. The minimum absolute atomic E-state index is 0.271. The summed E-state index contributed by atoms with van der Waals surface area (Å²) in [5, 5.41) is 10.5. The zero-order chi connectivity index (χ0) is 17.1. The number of hydrogen-bond donors (Lipinski definition) is 1. The standard InChI is InChI=1S/C19H29FN2O2/c1-14-10-21(11-15(2)24-14)12-16-6-5-9-22(16)13-19(23)17-7-3-4-8-18(17)20/h3-4,7-8,14-16,19,23H,5-6,9-13H2,1-2H3. The van der Waals surface area contributed by atoms with Crippen LogP contribution in [0.25, 0.3) is 0 Å². The van der Waals surface area contributed by atoms with Gasteiger partial charge in [-0.25, -0.2) is 4.39 Å². The second-order valence-corrected chi connectivity index (χ2v) is 7.30. The molecule has 2 aliphatic heterocycles. The Bertz CT molecular complexity index is 532. The molecular weight excluding hydrogens is 307 g/mol. The van der Waals surface area contributed by atoms with Crippen molar-refractivity contribution in [3.63, 3.8) is 0 Å². The Morgan fingerprint density at radius 2 is 1.96 bits per heavy atom. The first-order valence-corrected chi connectivity index (χ1v) is 9.07. The molecule has 2 aliphatic rings. The van der Waals surface area contributed by atoms with E-state index in [1.165, 1.54) is 6.07 Å². The summed E-state index contributed by atoms with van der Waals surface area (Å²) < 4.78 is 19.7. The van der Waals surface area contributed by atoms with Gasteiger partial charge in [0.1, 0.15) is 5.82 Å². The smallest absolute Gasteiger partial charge is 0.129 e. The molecule has 3 rings (SSSR count). The number of nitrogens with zero attached hydrogens (tertiary/aromatic N) is 2. The Labute approximate surface area is 144 Å². The van der Waals surface area contributed by atoms with E-state index in [-0.39, 0.29) is 18.0 Å². The van der Waals surface area contributed by atoms with Crippen LogP contribution < -0.4 is 0 Å². The second kappa shape index (κ2) is 7.91. The van der Waals surface area contributed by atoms with Crippen molar-refractivity contribution in [2.75, 3.05) is 32.7 Å². The molecule has 0 spiro atoms. The van der Waals surface area contributed by atoms with Gasteiger partial charge in [-0.05, 0) is 39.3 Å². The number of β-amino-alcohol motifs (C(OH)–C–C–N with tert-alkyl or cyclic N) is 1. The Morgan fingerprint density at radius 3 is 2.67 bits per heavy atom. The van der Waals surface area contributed by atoms with Crippen LogP contribution in [0.15, 0.2) is 24.3 Å². The minimum atomic E-state index is -0.769. The lowest BCUT2D eigenvalue weighted by atomic mass is 10.1. The normalized spacial score (nSPS) is 30.6. The van der Waals surface area contributed by atoms with Crippen LogP contribution in [-0.2, 0) is 4.74 Å². The van der Waals surface area contributed by atoms with Crippen LogP contribution in [0.5, 0.6) is 0 Å². The third-order valence-electron chi connectivity index (χ3n) is 5.13. The molecule has 2 fully saturated rings. The molecule has 2 saturated heterocycles. The van der Waals surface area contributed by atoms with Gasteiger partial charge in [0, 0.05) is 37.8 Å². The summed E-state index contributed by atoms with van der Waals surface area (Å²) in [6.07, 6.45) is 2.06. The summed E-state index contributed by atoms with van der Waals surface area (Å²) in [6, 6.07) is 6.96. The molecule has 134 valence electrons. The van der Waals surface area contributed by atoms with E-state index in [2.05, 4.69) is 23.6 Å². The van der Waals surface area contributed by atoms with Crippen LogP contribution in [0.2, 0.25) is 0 Å². The molecule has 0 radical (unpaired) electrons. The van der Waals surface area contributed by atoms with Crippen molar-refractivity contribution in [3.8, 4) is 0 Å². The Morgan fingerprint density at radius 1 is 1.25 bits per heavy atom. The highest BCUT2D eigenvalue weighted by molar-refractivity contribution is 5.20. The number of halogens is 1. The predicted octanol–water partition coefficient (Wildman–Crippen LogP) is 2.43. The highest BCUT2D eigenvalue weighted by atomic mass is 19.1. The molecule has 2 heterocycles. The van der Waals surface area contributed by atoms with Gasteiger partial charge in [-0.15, -0.1) is 0 Å². The first-order chi connectivity index (χ1) is 11.5. The number of ether oxygens (including phenoxy) is 1. The topological polar surface area (TPSA) is 35.9 Å². The van der Waals surface area contributed by atoms with Gasteiger partial charge in [-0.1, -0.05) is 18.2 Å². The van der Waals surface area contributed by atoms with Gasteiger partial charge in [0.05, 0.1) is 18.3 Å². The number of likely N-dealkylation sites (tertiary alicyclic amines) is 1. The summed E-state index contributed by atoms with van der Waals surface area (Å²) in [6.45, 7) is 8.65. The van der Waals surface area contributed by atoms with Gasteiger partial charge in [-0.3, -0.25) is 9.80 Å². The van der Waals surface area contributed by atoms with E-state index in [1.54, 1.807) is 18.2 Å². The zero-order valence-electron chi connectivity index (χ0n) is 14.7. The summed E-state index contributed by atoms with van der Waals surface area (Å²) in [5.74, 6) is -0.323. The summed E-state index contributed by atoms with van der Waals surface area (Å²) >= 11 is 0. The third-order valence-corrected chi connectivity index (χ3v) is 5.13. The fraction of sp³-hybridized carbons (Fsp3) is 0.684. The van der Waals surface area contributed by atoms with Crippen LogP contribution in [0, 0.1) is 5.82 Å². The lowest BCUT2D eigenvalue weighted by Gasteiger charge is -2.38. The highest BCUT2D eigenvalue weighted by Crippen LogP contribution is 2.25. The quantitative estimate of drug-likeness (QED) is 0.896. The van der Waals surface area contributed by atoms with E-state index in [9.17, 15) is 9.50 Å². The van der Waals surface area contributed by atoms with Crippen molar-refractivity contribution in [2.24, 2.45) is 0 Å². The summed E-state index contributed by atoms with van der Waals surface area (Å²) in [5.41, 5.74) is 0.400. The molecular formula is C19H29FN2O2. The lowest BCUT2D eigenvalue weighted by molar-refractivity contribution is -0.0729. The molecule has 4 nitrogen and oxygen atoms in total. The average Bonchev–Trinajstić information content (AvgIpc) is 2.93. The molecule has 0 saturated carbocycles. The molecule has 1 N–H and O–H groups in total. The van der Waals surface area contributed by atoms with Crippen molar-refractivity contribution >= 4 is 0 Å². The fourth-order valence-corrected chi connectivity index (χ4v) is 4.14. The maximum absolute atomic E-state index is 13.9. The molecule has 4 unspecified atom stereocenters. The molecule has 0 aliphatic carbocycles. The molecule has 4 atom stereocenters. The first-order valence-electron chi connectivity index (χ1n) is 9.07. The number of morpholine rings is 1. The van der Waals surface area contributed by atoms with Crippen molar-refractivity contribution in [1.29, 1.82) is 0 Å². The Kier molecular flexibility index (Phi) is 5.87. The van der Waals surface area contributed by atoms with Crippen molar-refractivity contribution in [3.05, 3.63) is 35.6 Å². The number of aliphatic hydroxyl groups is 1. The van der Waals surface area contributed by atoms with E-state index in [4.69, 9.17) is 4.74 Å². The van der Waals surface area contributed by atoms with E-state index in [1.807, 2.05) is 0 Å². The predicted molar refractivity (Wildman–Crippen MR) is 92.4 cm³/mol. The maximum atomic E-state index is 13.9. The van der Waals surface area contributed by atoms with Gasteiger partial charge < -0.3 is 9.84 Å². The van der Waals surface area contributed by atoms with Gasteiger partial charge >= 0.3 is 0 Å². The molecule has 5 heteroatoms. The van der Waals surface area contributed by atoms with E-state index >= 15 is 0 Å². The monoisotopic (exact) mass is 336 g/mol. The lowest BCUT2D eigenvalue weighted by Crippen LogP contribution is -2.50. The van der Waals surface area contributed by atoms with Crippen LogP contribution in [-0.4, -0.2) is 65.9 Å². The van der Waals surface area contributed by atoms with E-state index < -0.39 is 6.10 Å². The Hall–Kier alpha value is -1.01. The minimum Gasteiger partial charge on any atom is -0.387 e. The molecule has 0 bridgehead atoms. The van der Waals surface area contributed by atoms with Crippen LogP contribution in [0.3, 0.4) is 0 Å². The molecule has 0 aromatic heterocycles. The van der Waals surface area contributed by atoms with Crippen molar-refractivity contribution < 1.29 is 14.2 Å². The fourth-order valence-electron chi connectivity index (χ4n) is 4.14. The summed E-state index contributed by atoms with van der Waals surface area (Å²) in [4.78, 5) is 4.79. The molecule has 1 aromatic carbocycles. The molecule has 1 aromatic rings. The van der Waals surface area contributed by atoms with Gasteiger partial charge in [0.25, 0.3) is 0 Å². The maximum Gasteiger partial charge on any atom is 0.129 e. The number of rotatable bonds is 5. The van der Waals surface area contributed by atoms with E-state index in [0.29, 0.717) is 18.2 Å². The highest BCUT2D eigenvalue weighted by Gasteiger charge is 2.31. The Balaban J connectivity index is 1.58. The van der Waals surface area contributed by atoms with Gasteiger partial charge in [0.15, 0.2) is 0 Å². The average molecular weight is 336 g/mol. The third kappa shape index (κ3) is 4.33. The van der Waals surface area contributed by atoms with Gasteiger partial charge in [0.2, 0.25) is 0 Å². The SMILES string of the molecule is CC1CN(CC2CCCN2CC(O)c2ccccc2F)CC(C)O1. The first kappa shape index (κ1) is 17.8. The number of benzene rings is 1. The van der Waals surface area contributed by atoms with Crippen LogP contribution >= 0.6 is 0 Å². The van der Waals surface area contributed by atoms with E-state index in [0.717, 1.165) is 39.0 Å². The van der Waals surface area contributed by atoms with Crippen molar-refractivity contribution in [2.45, 2.75) is 51.0 Å². The largest absolute Gasteiger partial charge is 0.387 e. The zero-order valence-corrected chi connectivity index (χ0v) is 14.7. The molecule has 0 amide bonds. The second-order valence-electron chi connectivity index (χ2n) is 7.30. The van der Waals surface area contributed by atoms with Gasteiger partial charge in [-0.2, -0.15) is 0 Å². The summed E-state index contributed by atoms with van der Waals surface area (Å²) in [7, 11) is 0. The molecule has 24 heavy (non-hydrogen) atoms. The van der Waals surface area contributed by atoms with Crippen LogP contribution in [0.4, 0.5) is 4.39 Å².